The summed E-state index contributed by atoms with van der Waals surface area (Å²) in [5, 5.41) is 5.56. The van der Waals surface area contributed by atoms with Crippen molar-refractivity contribution in [1.82, 2.24) is 24.6 Å². The molecule has 0 saturated carbocycles. The Hall–Kier alpha value is -2.22. The minimum Gasteiger partial charge on any atom is -0.347 e. The predicted molar refractivity (Wildman–Crippen MR) is 98.0 cm³/mol. The summed E-state index contributed by atoms with van der Waals surface area (Å²) in [6, 6.07) is 0. The molecule has 7 nitrogen and oxygen atoms in total. The number of imidazole rings is 1. The molecule has 0 aliphatic heterocycles. The van der Waals surface area contributed by atoms with Crippen LogP contribution in [0.4, 0.5) is 11.1 Å². The van der Waals surface area contributed by atoms with Gasteiger partial charge in [-0.2, -0.15) is 0 Å². The van der Waals surface area contributed by atoms with Crippen LogP contribution in [-0.4, -0.2) is 45.7 Å². The second-order valence-corrected chi connectivity index (χ2v) is 8.06. The quantitative estimate of drug-likeness (QED) is 0.724. The van der Waals surface area contributed by atoms with Gasteiger partial charge in [0.2, 0.25) is 16.0 Å². The number of rotatable bonds is 4. The average Bonchev–Trinajstić information content (AvgIpc) is 3.05. The molecule has 3 aromatic heterocycles. The standard InChI is InChI=1S/C16H23N7S/c1-16(2,3)12-10-23-14(19-12)24-15(20-23)22(6)9-11-7-17-13(18-8-11)21(4)5/h7-8,10H,9H2,1-6H3. The molecule has 0 radical (unpaired) electrons. The van der Waals surface area contributed by atoms with Crippen molar-refractivity contribution in [3.63, 3.8) is 0 Å². The highest BCUT2D eigenvalue weighted by atomic mass is 32.1. The van der Waals surface area contributed by atoms with Crippen LogP contribution in [0.2, 0.25) is 0 Å². The first kappa shape index (κ1) is 16.6. The normalized spacial score (nSPS) is 11.9. The summed E-state index contributed by atoms with van der Waals surface area (Å²) in [4.78, 5) is 18.3. The van der Waals surface area contributed by atoms with E-state index in [1.54, 1.807) is 11.3 Å². The maximum Gasteiger partial charge on any atom is 0.224 e. The third-order valence-electron chi connectivity index (χ3n) is 3.64. The lowest BCUT2D eigenvalue weighted by molar-refractivity contribution is 0.572. The van der Waals surface area contributed by atoms with E-state index in [0.717, 1.165) is 21.3 Å². The molecule has 0 N–H and O–H groups in total. The molecule has 0 spiro atoms. The van der Waals surface area contributed by atoms with Gasteiger partial charge in [0.1, 0.15) is 0 Å². The summed E-state index contributed by atoms with van der Waals surface area (Å²) in [5.41, 5.74) is 2.14. The molecule has 3 aromatic rings. The maximum absolute atomic E-state index is 4.69. The van der Waals surface area contributed by atoms with E-state index in [1.165, 1.54) is 0 Å². The third kappa shape index (κ3) is 3.33. The van der Waals surface area contributed by atoms with Crippen LogP contribution in [0.3, 0.4) is 0 Å². The van der Waals surface area contributed by atoms with Crippen molar-refractivity contribution in [2.75, 3.05) is 30.9 Å². The van der Waals surface area contributed by atoms with Gasteiger partial charge in [0.25, 0.3) is 0 Å². The van der Waals surface area contributed by atoms with Gasteiger partial charge in [0, 0.05) is 51.1 Å². The molecule has 3 rings (SSSR count). The van der Waals surface area contributed by atoms with Crippen LogP contribution < -0.4 is 9.80 Å². The van der Waals surface area contributed by atoms with Crippen molar-refractivity contribution in [3.8, 4) is 0 Å². The van der Waals surface area contributed by atoms with E-state index in [2.05, 4.69) is 45.7 Å². The highest BCUT2D eigenvalue weighted by Crippen LogP contribution is 2.27. The second-order valence-electron chi connectivity index (χ2n) is 7.13. The summed E-state index contributed by atoms with van der Waals surface area (Å²) in [6.07, 6.45) is 5.72. The molecular weight excluding hydrogens is 322 g/mol. The van der Waals surface area contributed by atoms with Crippen molar-refractivity contribution in [2.45, 2.75) is 32.7 Å². The molecule has 0 amide bonds. The number of nitrogens with zero attached hydrogens (tertiary/aromatic N) is 7. The van der Waals surface area contributed by atoms with Crippen LogP contribution in [-0.2, 0) is 12.0 Å². The molecule has 128 valence electrons. The molecule has 3 heterocycles. The van der Waals surface area contributed by atoms with Crippen LogP contribution in [0, 0.1) is 0 Å². The summed E-state index contributed by atoms with van der Waals surface area (Å²) in [7, 11) is 5.87. The molecule has 0 aliphatic rings. The first-order valence-electron chi connectivity index (χ1n) is 7.80. The van der Waals surface area contributed by atoms with Crippen LogP contribution in [0.15, 0.2) is 18.6 Å². The van der Waals surface area contributed by atoms with Gasteiger partial charge in [-0.05, 0) is 0 Å². The Balaban J connectivity index is 1.76. The Bertz CT molecular complexity index is 795. The Kier molecular flexibility index (Phi) is 4.16. The van der Waals surface area contributed by atoms with Gasteiger partial charge in [-0.1, -0.05) is 32.1 Å². The summed E-state index contributed by atoms with van der Waals surface area (Å²) in [5.74, 6) is 0.712. The zero-order valence-electron chi connectivity index (χ0n) is 15.0. The lowest BCUT2D eigenvalue weighted by Gasteiger charge is -2.16. The average molecular weight is 345 g/mol. The van der Waals surface area contributed by atoms with Crippen LogP contribution in [0.5, 0.6) is 0 Å². The topological polar surface area (TPSA) is 62.5 Å². The zero-order valence-corrected chi connectivity index (χ0v) is 15.8. The summed E-state index contributed by atoms with van der Waals surface area (Å²) < 4.78 is 1.86. The van der Waals surface area contributed by atoms with Crippen LogP contribution >= 0.6 is 11.3 Å². The van der Waals surface area contributed by atoms with Gasteiger partial charge >= 0.3 is 0 Å². The highest BCUT2D eigenvalue weighted by molar-refractivity contribution is 7.20. The molecule has 0 fully saturated rings. The van der Waals surface area contributed by atoms with Crippen molar-refractivity contribution in [2.24, 2.45) is 0 Å². The van der Waals surface area contributed by atoms with Crippen molar-refractivity contribution in [3.05, 3.63) is 29.8 Å². The van der Waals surface area contributed by atoms with E-state index in [0.29, 0.717) is 12.5 Å². The third-order valence-corrected chi connectivity index (χ3v) is 4.68. The van der Waals surface area contributed by atoms with Gasteiger partial charge in [-0.15, -0.1) is 5.10 Å². The van der Waals surface area contributed by atoms with E-state index in [1.807, 2.05) is 49.1 Å². The minimum absolute atomic E-state index is 0.0327. The molecule has 0 bridgehead atoms. The van der Waals surface area contributed by atoms with Crippen molar-refractivity contribution in [1.29, 1.82) is 0 Å². The molecule has 0 saturated heterocycles. The van der Waals surface area contributed by atoms with Crippen molar-refractivity contribution < 1.29 is 0 Å². The first-order valence-corrected chi connectivity index (χ1v) is 8.62. The molecule has 24 heavy (non-hydrogen) atoms. The molecule has 0 unspecified atom stereocenters. The molecular formula is C16H23N7S. The Morgan fingerprint density at radius 2 is 1.79 bits per heavy atom. The number of fused-ring (bicyclic) bond motifs is 1. The predicted octanol–water partition coefficient (Wildman–Crippen LogP) is 2.58. The minimum atomic E-state index is 0.0327. The van der Waals surface area contributed by atoms with Gasteiger partial charge in [0.05, 0.1) is 11.9 Å². The van der Waals surface area contributed by atoms with E-state index in [9.17, 15) is 0 Å². The molecule has 0 aromatic carbocycles. The first-order chi connectivity index (χ1) is 11.2. The lowest BCUT2D eigenvalue weighted by atomic mass is 9.93. The van der Waals surface area contributed by atoms with Gasteiger partial charge in [-0.3, -0.25) is 0 Å². The Morgan fingerprint density at radius 3 is 2.33 bits per heavy atom. The van der Waals surface area contributed by atoms with E-state index in [4.69, 9.17) is 0 Å². The number of hydrogen-bond donors (Lipinski definition) is 0. The monoisotopic (exact) mass is 345 g/mol. The summed E-state index contributed by atoms with van der Waals surface area (Å²) >= 11 is 1.59. The van der Waals surface area contributed by atoms with Crippen LogP contribution in [0.1, 0.15) is 32.0 Å². The zero-order chi connectivity index (χ0) is 17.5. The fourth-order valence-electron chi connectivity index (χ4n) is 2.21. The number of hydrogen-bond acceptors (Lipinski definition) is 7. The molecule has 8 heteroatoms. The Morgan fingerprint density at radius 1 is 1.12 bits per heavy atom. The fraction of sp³-hybridized carbons (Fsp3) is 0.500. The Labute approximate surface area is 146 Å². The second kappa shape index (κ2) is 6.01. The van der Waals surface area contributed by atoms with Crippen molar-refractivity contribution >= 4 is 27.4 Å². The highest BCUT2D eigenvalue weighted by Gasteiger charge is 2.20. The molecule has 0 atom stereocenters. The van der Waals surface area contributed by atoms with E-state index >= 15 is 0 Å². The van der Waals surface area contributed by atoms with Gasteiger partial charge in [0.15, 0.2) is 0 Å². The maximum atomic E-state index is 4.69. The van der Waals surface area contributed by atoms with Gasteiger partial charge < -0.3 is 9.80 Å². The van der Waals surface area contributed by atoms with Crippen LogP contribution in [0.25, 0.3) is 4.96 Å². The smallest absolute Gasteiger partial charge is 0.224 e. The van der Waals surface area contributed by atoms with Gasteiger partial charge in [-0.25, -0.2) is 19.5 Å². The summed E-state index contributed by atoms with van der Waals surface area (Å²) in [6.45, 7) is 7.17. The fourth-order valence-corrected chi connectivity index (χ4v) is 3.05. The largest absolute Gasteiger partial charge is 0.347 e. The SMILES string of the molecule is CN(C)c1ncc(CN(C)c2nn3cc(C(C)(C)C)nc3s2)cn1. The van der Waals surface area contributed by atoms with E-state index < -0.39 is 0 Å². The number of anilines is 2. The number of aromatic nitrogens is 5. The molecule has 0 aliphatic carbocycles. The lowest BCUT2D eigenvalue weighted by Crippen LogP contribution is -2.18. The van der Waals surface area contributed by atoms with E-state index in [-0.39, 0.29) is 5.41 Å².